The van der Waals surface area contributed by atoms with Crippen LogP contribution in [0.5, 0.6) is 0 Å². The molecule has 2 aromatic rings. The fraction of sp³-hybridized carbons (Fsp3) is 0.200. The Hall–Kier alpha value is -1.71. The van der Waals surface area contributed by atoms with E-state index < -0.39 is 21.6 Å². The molecule has 0 aliphatic carbocycles. The minimum Gasteiger partial charge on any atom is -0.478 e. The molecule has 0 atom stereocenters. The number of halogens is 2. The van der Waals surface area contributed by atoms with Gasteiger partial charge in [-0.15, -0.1) is 10.2 Å². The lowest BCUT2D eigenvalue weighted by Gasteiger charge is -2.07. The second-order valence-electron chi connectivity index (χ2n) is 4.02. The number of aromatic carboxylic acids is 1. The Balaban J connectivity index is 2.49. The smallest absolute Gasteiger partial charge is 0.337 e. The van der Waals surface area contributed by atoms with Crippen LogP contribution in [0, 0.1) is 0 Å². The summed E-state index contributed by atoms with van der Waals surface area (Å²) in [6.45, 7) is 0. The van der Waals surface area contributed by atoms with Gasteiger partial charge in [0, 0.05) is 0 Å². The van der Waals surface area contributed by atoms with E-state index in [1.54, 1.807) is 0 Å². The van der Waals surface area contributed by atoms with Crippen LogP contribution >= 0.6 is 23.2 Å². The second-order valence-corrected chi connectivity index (χ2v) is 6.79. The number of hydrogen-bond donors (Lipinski definition) is 1. The molecular formula is C10H8Cl2N4O4S. The van der Waals surface area contributed by atoms with E-state index in [9.17, 15) is 13.2 Å². The second kappa shape index (κ2) is 5.58. The number of sulfone groups is 1. The third kappa shape index (κ3) is 3.31. The van der Waals surface area contributed by atoms with Gasteiger partial charge in [0.25, 0.3) is 0 Å². The first kappa shape index (κ1) is 15.7. The summed E-state index contributed by atoms with van der Waals surface area (Å²) < 4.78 is 24.6. The number of carboxylic acid groups (broad SMARTS) is 1. The summed E-state index contributed by atoms with van der Waals surface area (Å²) >= 11 is 11.6. The minimum atomic E-state index is -3.94. The van der Waals surface area contributed by atoms with E-state index >= 15 is 0 Å². The van der Waals surface area contributed by atoms with Crippen LogP contribution in [0.15, 0.2) is 17.0 Å². The maximum Gasteiger partial charge on any atom is 0.337 e. The third-order valence-electron chi connectivity index (χ3n) is 2.46. The topological polar surface area (TPSA) is 115 Å². The van der Waals surface area contributed by atoms with Crippen LogP contribution in [0.2, 0.25) is 10.0 Å². The molecule has 0 aliphatic heterocycles. The van der Waals surface area contributed by atoms with Crippen LogP contribution in [-0.4, -0.2) is 39.7 Å². The van der Waals surface area contributed by atoms with E-state index in [1.807, 2.05) is 0 Å². The molecular weight excluding hydrogens is 343 g/mol. The summed E-state index contributed by atoms with van der Waals surface area (Å²) in [5, 5.41) is 19.5. The van der Waals surface area contributed by atoms with Crippen molar-refractivity contribution < 1.29 is 18.3 Å². The van der Waals surface area contributed by atoms with Crippen molar-refractivity contribution in [2.45, 2.75) is 10.6 Å². The van der Waals surface area contributed by atoms with E-state index in [2.05, 4.69) is 15.4 Å². The molecule has 0 bridgehead atoms. The predicted molar refractivity (Wildman–Crippen MR) is 73.1 cm³/mol. The molecule has 1 N–H and O–H groups in total. The van der Waals surface area contributed by atoms with E-state index in [1.165, 1.54) is 7.05 Å². The highest BCUT2D eigenvalue weighted by atomic mass is 35.5. The largest absolute Gasteiger partial charge is 0.478 e. The lowest BCUT2D eigenvalue weighted by molar-refractivity contribution is 0.0697. The van der Waals surface area contributed by atoms with Crippen molar-refractivity contribution in [3.63, 3.8) is 0 Å². The zero-order valence-corrected chi connectivity index (χ0v) is 12.8. The van der Waals surface area contributed by atoms with Crippen molar-refractivity contribution in [2.24, 2.45) is 7.05 Å². The van der Waals surface area contributed by atoms with Crippen LogP contribution in [0.4, 0.5) is 0 Å². The van der Waals surface area contributed by atoms with Crippen molar-refractivity contribution in [3.05, 3.63) is 33.6 Å². The summed E-state index contributed by atoms with van der Waals surface area (Å²) in [6, 6.07) is 1.99. The van der Waals surface area contributed by atoms with E-state index in [-0.39, 0.29) is 26.3 Å². The lowest BCUT2D eigenvalue weighted by Crippen LogP contribution is -2.09. The Morgan fingerprint density at radius 3 is 2.52 bits per heavy atom. The highest BCUT2D eigenvalue weighted by Crippen LogP contribution is 2.30. The highest BCUT2D eigenvalue weighted by Gasteiger charge is 2.24. The molecule has 1 aromatic carbocycles. The van der Waals surface area contributed by atoms with Gasteiger partial charge in [-0.25, -0.2) is 13.2 Å². The van der Waals surface area contributed by atoms with Gasteiger partial charge in [-0.3, -0.25) is 0 Å². The first-order chi connectivity index (χ1) is 9.70. The Morgan fingerprint density at radius 1 is 1.33 bits per heavy atom. The molecule has 0 radical (unpaired) electrons. The molecule has 112 valence electrons. The minimum absolute atomic E-state index is 0.0274. The van der Waals surface area contributed by atoms with Gasteiger partial charge in [-0.05, 0) is 17.3 Å². The maximum absolute atomic E-state index is 12.3. The van der Waals surface area contributed by atoms with Crippen LogP contribution < -0.4 is 0 Å². The van der Waals surface area contributed by atoms with Crippen molar-refractivity contribution in [1.82, 2.24) is 20.2 Å². The third-order valence-corrected chi connectivity index (χ3v) is 4.84. The molecule has 0 aliphatic rings. The van der Waals surface area contributed by atoms with E-state index in [0.717, 1.165) is 16.9 Å². The zero-order chi connectivity index (χ0) is 15.8. The van der Waals surface area contributed by atoms with Gasteiger partial charge < -0.3 is 5.11 Å². The Bertz CT molecular complexity index is 818. The molecule has 1 heterocycles. The monoisotopic (exact) mass is 350 g/mol. The molecule has 0 fully saturated rings. The van der Waals surface area contributed by atoms with Gasteiger partial charge in [0.15, 0.2) is 15.7 Å². The number of aryl methyl sites for hydroxylation is 1. The van der Waals surface area contributed by atoms with Gasteiger partial charge in [0.05, 0.1) is 27.6 Å². The Labute approximate surface area is 129 Å². The Kier molecular flexibility index (Phi) is 4.17. The molecule has 0 saturated carbocycles. The predicted octanol–water partition coefficient (Wildman–Crippen LogP) is 1.19. The van der Waals surface area contributed by atoms with Gasteiger partial charge in [0.2, 0.25) is 0 Å². The van der Waals surface area contributed by atoms with Crippen molar-refractivity contribution in [2.75, 3.05) is 0 Å². The summed E-state index contributed by atoms with van der Waals surface area (Å²) in [6.07, 6.45) is 0. The number of hydrogen-bond acceptors (Lipinski definition) is 6. The van der Waals surface area contributed by atoms with Crippen LogP contribution in [-0.2, 0) is 22.6 Å². The number of benzene rings is 1. The first-order valence-corrected chi connectivity index (χ1v) is 7.79. The molecule has 21 heavy (non-hydrogen) atoms. The number of rotatable bonds is 4. The molecule has 0 unspecified atom stereocenters. The molecule has 8 nitrogen and oxygen atoms in total. The number of aromatic nitrogens is 4. The van der Waals surface area contributed by atoms with E-state index in [0.29, 0.717) is 0 Å². The Morgan fingerprint density at radius 2 is 2.00 bits per heavy atom. The van der Waals surface area contributed by atoms with Crippen molar-refractivity contribution >= 4 is 39.0 Å². The number of carboxylic acids is 1. The van der Waals surface area contributed by atoms with Gasteiger partial charge in [-0.1, -0.05) is 23.2 Å². The average molecular weight is 351 g/mol. The normalized spacial score (nSPS) is 11.6. The van der Waals surface area contributed by atoms with Gasteiger partial charge in [-0.2, -0.15) is 4.80 Å². The summed E-state index contributed by atoms with van der Waals surface area (Å²) in [5.41, 5.74) is -0.355. The molecule has 0 saturated heterocycles. The summed E-state index contributed by atoms with van der Waals surface area (Å²) in [7, 11) is -2.45. The standard InChI is InChI=1S/C10H8Cl2N4O4S/c1-16-14-9(13-15-16)4-21(19,20)8-2-5(10(17)18)6(11)3-7(8)12/h2-3H,4H2,1H3,(H,17,18). The lowest BCUT2D eigenvalue weighted by atomic mass is 10.2. The van der Waals surface area contributed by atoms with Crippen LogP contribution in [0.1, 0.15) is 16.2 Å². The molecule has 1 aromatic heterocycles. The zero-order valence-electron chi connectivity index (χ0n) is 10.5. The van der Waals surface area contributed by atoms with Crippen LogP contribution in [0.25, 0.3) is 0 Å². The quantitative estimate of drug-likeness (QED) is 0.880. The van der Waals surface area contributed by atoms with Crippen molar-refractivity contribution in [3.8, 4) is 0 Å². The van der Waals surface area contributed by atoms with E-state index in [4.69, 9.17) is 28.3 Å². The number of nitrogens with zero attached hydrogens (tertiary/aromatic N) is 4. The average Bonchev–Trinajstić information content (AvgIpc) is 2.72. The summed E-state index contributed by atoms with van der Waals surface area (Å²) in [5.74, 6) is -1.94. The molecule has 0 amide bonds. The number of tetrazole rings is 1. The maximum atomic E-state index is 12.3. The highest BCUT2D eigenvalue weighted by molar-refractivity contribution is 7.90. The fourth-order valence-corrected chi connectivity index (χ4v) is 3.64. The fourth-order valence-electron chi connectivity index (χ4n) is 1.56. The SMILES string of the molecule is Cn1nnc(CS(=O)(=O)c2cc(C(=O)O)c(Cl)cc2Cl)n1. The van der Waals surface area contributed by atoms with Crippen molar-refractivity contribution in [1.29, 1.82) is 0 Å². The van der Waals surface area contributed by atoms with Gasteiger partial charge >= 0.3 is 5.97 Å². The van der Waals surface area contributed by atoms with Crippen LogP contribution in [0.3, 0.4) is 0 Å². The molecule has 2 rings (SSSR count). The molecule has 0 spiro atoms. The molecule has 11 heteroatoms. The number of carbonyl (C=O) groups is 1. The summed E-state index contributed by atoms with van der Waals surface area (Å²) in [4.78, 5) is 11.8. The first-order valence-electron chi connectivity index (χ1n) is 5.38. The van der Waals surface area contributed by atoms with Gasteiger partial charge in [0.1, 0.15) is 5.75 Å².